The Morgan fingerprint density at radius 1 is 1.41 bits per heavy atom. The molecule has 0 bridgehead atoms. The first-order chi connectivity index (χ1) is 8.16. The molecule has 2 aromatic rings. The van der Waals surface area contributed by atoms with Gasteiger partial charge in [0, 0.05) is 13.1 Å². The van der Waals surface area contributed by atoms with Crippen LogP contribution in [0.3, 0.4) is 0 Å². The molecule has 90 valence electrons. The van der Waals surface area contributed by atoms with E-state index in [1.807, 2.05) is 6.92 Å². The Bertz CT molecular complexity index is 536. The summed E-state index contributed by atoms with van der Waals surface area (Å²) in [4.78, 5) is 6.19. The Labute approximate surface area is 98.1 Å². The van der Waals surface area contributed by atoms with Crippen molar-refractivity contribution >= 4 is 11.5 Å². The third kappa shape index (κ3) is 1.82. The van der Waals surface area contributed by atoms with Gasteiger partial charge in [0.2, 0.25) is 0 Å². The van der Waals surface area contributed by atoms with Crippen molar-refractivity contribution in [2.24, 2.45) is 0 Å². The molecule has 2 aromatic heterocycles. The van der Waals surface area contributed by atoms with Crippen molar-refractivity contribution in [1.29, 1.82) is 0 Å². The Hall–Kier alpha value is -1.76. The Morgan fingerprint density at radius 2 is 2.29 bits per heavy atom. The number of aromatic nitrogens is 5. The zero-order valence-electron chi connectivity index (χ0n) is 9.61. The molecule has 1 fully saturated rings. The molecule has 1 atom stereocenters. The average molecular weight is 234 g/mol. The molecule has 1 N–H and O–H groups in total. The molecule has 0 radical (unpaired) electrons. The molecule has 7 heteroatoms. The fourth-order valence-corrected chi connectivity index (χ4v) is 2.29. The van der Waals surface area contributed by atoms with Gasteiger partial charge in [0.15, 0.2) is 11.5 Å². The first kappa shape index (κ1) is 10.4. The standard InChI is InChI=1S/C10H14N6O/c1-10(17)3-2-4-15(7-10)9-6-11-5-8-12-13-14-16(8)9/h5-6,17H,2-4,7H2,1H3. The molecule has 0 spiro atoms. The van der Waals surface area contributed by atoms with Gasteiger partial charge >= 0.3 is 0 Å². The number of piperidine rings is 1. The number of anilines is 1. The van der Waals surface area contributed by atoms with E-state index in [-0.39, 0.29) is 0 Å². The van der Waals surface area contributed by atoms with Gasteiger partial charge in [0.05, 0.1) is 18.0 Å². The normalized spacial score (nSPS) is 25.4. The molecule has 17 heavy (non-hydrogen) atoms. The second-order valence-electron chi connectivity index (χ2n) is 4.74. The molecule has 3 heterocycles. The van der Waals surface area contributed by atoms with E-state index in [2.05, 4.69) is 25.4 Å². The van der Waals surface area contributed by atoms with Crippen LogP contribution in [-0.2, 0) is 0 Å². The summed E-state index contributed by atoms with van der Waals surface area (Å²) in [7, 11) is 0. The molecule has 1 unspecified atom stereocenters. The molecule has 1 aliphatic rings. The van der Waals surface area contributed by atoms with E-state index >= 15 is 0 Å². The average Bonchev–Trinajstić information content (AvgIpc) is 2.75. The zero-order valence-corrected chi connectivity index (χ0v) is 9.61. The van der Waals surface area contributed by atoms with Gasteiger partial charge < -0.3 is 10.0 Å². The molecule has 3 rings (SSSR count). The number of nitrogens with zero attached hydrogens (tertiary/aromatic N) is 6. The summed E-state index contributed by atoms with van der Waals surface area (Å²) in [6, 6.07) is 0. The number of hydrogen-bond donors (Lipinski definition) is 1. The first-order valence-corrected chi connectivity index (χ1v) is 5.65. The number of β-amino-alcohol motifs (C(OH)–C–C–N with tert-alkyl or cyclic N) is 1. The third-order valence-corrected chi connectivity index (χ3v) is 3.09. The topological polar surface area (TPSA) is 79.4 Å². The molecule has 0 saturated carbocycles. The highest BCUT2D eigenvalue weighted by molar-refractivity contribution is 5.46. The van der Waals surface area contributed by atoms with Crippen molar-refractivity contribution in [3.05, 3.63) is 12.4 Å². The summed E-state index contributed by atoms with van der Waals surface area (Å²) < 4.78 is 1.65. The lowest BCUT2D eigenvalue weighted by molar-refractivity contribution is 0.0446. The van der Waals surface area contributed by atoms with Crippen molar-refractivity contribution in [2.45, 2.75) is 25.4 Å². The molecular weight excluding hydrogens is 220 g/mol. The fraction of sp³-hybridized carbons (Fsp3) is 0.600. The summed E-state index contributed by atoms with van der Waals surface area (Å²) in [6.07, 6.45) is 5.12. The molecule has 0 amide bonds. The van der Waals surface area contributed by atoms with Gasteiger partial charge in [0.1, 0.15) is 0 Å². The predicted molar refractivity (Wildman–Crippen MR) is 60.6 cm³/mol. The smallest absolute Gasteiger partial charge is 0.199 e. The van der Waals surface area contributed by atoms with Crippen molar-refractivity contribution in [3.8, 4) is 0 Å². The van der Waals surface area contributed by atoms with Crippen LogP contribution in [0.15, 0.2) is 12.4 Å². The van der Waals surface area contributed by atoms with Gasteiger partial charge in [-0.3, -0.25) is 4.98 Å². The van der Waals surface area contributed by atoms with Crippen LogP contribution in [0.25, 0.3) is 5.65 Å². The zero-order chi connectivity index (χ0) is 11.9. The molecule has 0 aliphatic carbocycles. The van der Waals surface area contributed by atoms with Crippen LogP contribution in [0, 0.1) is 0 Å². The van der Waals surface area contributed by atoms with Crippen molar-refractivity contribution in [2.75, 3.05) is 18.0 Å². The van der Waals surface area contributed by atoms with Crippen LogP contribution in [0.2, 0.25) is 0 Å². The van der Waals surface area contributed by atoms with Gasteiger partial charge in [-0.2, -0.15) is 4.52 Å². The van der Waals surface area contributed by atoms with Crippen LogP contribution in [0.4, 0.5) is 5.82 Å². The van der Waals surface area contributed by atoms with E-state index < -0.39 is 5.60 Å². The van der Waals surface area contributed by atoms with E-state index in [0.29, 0.717) is 12.2 Å². The lowest BCUT2D eigenvalue weighted by Crippen LogP contribution is -2.46. The molecular formula is C10H14N6O. The quantitative estimate of drug-likeness (QED) is 0.740. The lowest BCUT2D eigenvalue weighted by atomic mass is 9.95. The van der Waals surface area contributed by atoms with E-state index in [1.54, 1.807) is 16.9 Å². The minimum atomic E-state index is -0.658. The van der Waals surface area contributed by atoms with Crippen molar-refractivity contribution in [1.82, 2.24) is 25.0 Å². The van der Waals surface area contributed by atoms with E-state index in [9.17, 15) is 5.11 Å². The maximum Gasteiger partial charge on any atom is 0.199 e. The summed E-state index contributed by atoms with van der Waals surface area (Å²) >= 11 is 0. The Balaban J connectivity index is 2.00. The van der Waals surface area contributed by atoms with Crippen LogP contribution >= 0.6 is 0 Å². The lowest BCUT2D eigenvalue weighted by Gasteiger charge is -2.37. The van der Waals surface area contributed by atoms with Crippen molar-refractivity contribution in [3.63, 3.8) is 0 Å². The number of rotatable bonds is 1. The maximum absolute atomic E-state index is 10.1. The highest BCUT2D eigenvalue weighted by Crippen LogP contribution is 2.24. The predicted octanol–water partition coefficient (Wildman–Crippen LogP) is -0.130. The molecule has 1 aliphatic heterocycles. The maximum atomic E-state index is 10.1. The molecule has 7 nitrogen and oxygen atoms in total. The SMILES string of the molecule is CC1(O)CCCN(c2cncc3nnnn23)C1. The van der Waals surface area contributed by atoms with Crippen molar-refractivity contribution < 1.29 is 5.11 Å². The minimum absolute atomic E-state index is 0.577. The van der Waals surface area contributed by atoms with Gasteiger partial charge in [0.25, 0.3) is 0 Å². The van der Waals surface area contributed by atoms with Gasteiger partial charge in [-0.1, -0.05) is 0 Å². The monoisotopic (exact) mass is 234 g/mol. The Kier molecular flexibility index (Phi) is 2.22. The van der Waals surface area contributed by atoms with Crippen LogP contribution in [-0.4, -0.2) is 48.8 Å². The van der Waals surface area contributed by atoms with E-state index in [4.69, 9.17) is 0 Å². The second kappa shape index (κ2) is 3.63. The number of hydrogen-bond acceptors (Lipinski definition) is 6. The Morgan fingerprint density at radius 3 is 3.12 bits per heavy atom. The highest BCUT2D eigenvalue weighted by Gasteiger charge is 2.29. The number of fused-ring (bicyclic) bond motifs is 1. The minimum Gasteiger partial charge on any atom is -0.388 e. The van der Waals surface area contributed by atoms with E-state index in [1.165, 1.54) is 0 Å². The van der Waals surface area contributed by atoms with Crippen LogP contribution in [0.5, 0.6) is 0 Å². The summed E-state index contributed by atoms with van der Waals surface area (Å²) in [5, 5.41) is 21.5. The molecule has 1 saturated heterocycles. The largest absolute Gasteiger partial charge is 0.388 e. The van der Waals surface area contributed by atoms with Gasteiger partial charge in [-0.25, -0.2) is 0 Å². The summed E-state index contributed by atoms with van der Waals surface area (Å²) in [5.74, 6) is 0.826. The fourth-order valence-electron chi connectivity index (χ4n) is 2.29. The van der Waals surface area contributed by atoms with E-state index in [0.717, 1.165) is 25.2 Å². The highest BCUT2D eigenvalue weighted by atomic mass is 16.3. The van der Waals surface area contributed by atoms with Gasteiger partial charge in [-0.05, 0) is 30.2 Å². The van der Waals surface area contributed by atoms with Crippen LogP contribution in [0.1, 0.15) is 19.8 Å². The second-order valence-corrected chi connectivity index (χ2v) is 4.74. The third-order valence-electron chi connectivity index (χ3n) is 3.09. The summed E-state index contributed by atoms with van der Waals surface area (Å²) in [5.41, 5.74) is -0.0401. The first-order valence-electron chi connectivity index (χ1n) is 5.65. The van der Waals surface area contributed by atoms with Crippen LogP contribution < -0.4 is 4.90 Å². The number of aliphatic hydroxyl groups is 1. The molecule has 0 aromatic carbocycles. The number of tetrazole rings is 1. The summed E-state index contributed by atoms with van der Waals surface area (Å²) in [6.45, 7) is 3.32. The van der Waals surface area contributed by atoms with Gasteiger partial charge in [-0.15, -0.1) is 5.10 Å².